The molecule has 0 saturated carbocycles. The second-order valence-corrected chi connectivity index (χ2v) is 7.10. The van der Waals surface area contributed by atoms with E-state index in [4.69, 9.17) is 21.7 Å². The zero-order chi connectivity index (χ0) is 20.2. The first-order valence-electron chi connectivity index (χ1n) is 9.31. The van der Waals surface area contributed by atoms with Gasteiger partial charge in [0, 0.05) is 35.9 Å². The van der Waals surface area contributed by atoms with Crippen LogP contribution in [0.5, 0.6) is 11.5 Å². The summed E-state index contributed by atoms with van der Waals surface area (Å²) in [5.74, 6) is 1.28. The number of hydrogen-bond donors (Lipinski definition) is 3. The van der Waals surface area contributed by atoms with Crippen molar-refractivity contribution in [2.75, 3.05) is 25.3 Å². The van der Waals surface area contributed by atoms with Gasteiger partial charge in [-0.25, -0.2) is 0 Å². The molecule has 0 bridgehead atoms. The van der Waals surface area contributed by atoms with E-state index in [1.165, 1.54) is 0 Å². The van der Waals surface area contributed by atoms with Crippen LogP contribution in [-0.2, 0) is 6.54 Å². The maximum Gasteiger partial charge on any atom is 0.253 e. The number of fused-ring (bicyclic) bond motifs is 2. The Morgan fingerprint density at radius 3 is 2.69 bits per heavy atom. The summed E-state index contributed by atoms with van der Waals surface area (Å²) in [4.78, 5) is 17.4. The normalized spacial score (nSPS) is 12.2. The predicted molar refractivity (Wildman–Crippen MR) is 115 cm³/mol. The molecule has 0 radical (unpaired) electrons. The third kappa shape index (κ3) is 4.33. The maximum absolute atomic E-state index is 12.7. The van der Waals surface area contributed by atoms with Gasteiger partial charge in [-0.15, -0.1) is 0 Å². The van der Waals surface area contributed by atoms with Crippen molar-refractivity contribution in [1.82, 2.24) is 9.88 Å². The lowest BCUT2D eigenvalue weighted by Crippen LogP contribution is -2.37. The number of H-pyrrole nitrogens is 1. The third-order valence-electron chi connectivity index (χ3n) is 4.67. The molecule has 0 spiro atoms. The molecule has 0 atom stereocenters. The second-order valence-electron chi connectivity index (χ2n) is 6.71. The van der Waals surface area contributed by atoms with Crippen LogP contribution >= 0.6 is 12.2 Å². The van der Waals surface area contributed by atoms with Crippen molar-refractivity contribution in [2.24, 2.45) is 0 Å². The van der Waals surface area contributed by atoms with E-state index in [2.05, 4.69) is 10.3 Å². The quantitative estimate of drug-likeness (QED) is 0.538. The lowest BCUT2D eigenvalue weighted by Gasteiger charge is -2.25. The molecule has 29 heavy (non-hydrogen) atoms. The van der Waals surface area contributed by atoms with Crippen molar-refractivity contribution >= 4 is 33.9 Å². The van der Waals surface area contributed by atoms with Crippen molar-refractivity contribution in [3.8, 4) is 11.5 Å². The van der Waals surface area contributed by atoms with Crippen molar-refractivity contribution in [3.63, 3.8) is 0 Å². The Morgan fingerprint density at radius 2 is 1.93 bits per heavy atom. The van der Waals surface area contributed by atoms with Crippen LogP contribution in [0.1, 0.15) is 12.0 Å². The van der Waals surface area contributed by atoms with E-state index in [0.29, 0.717) is 47.2 Å². The molecule has 0 unspecified atom stereocenters. The lowest BCUT2D eigenvalue weighted by atomic mass is 10.1. The van der Waals surface area contributed by atoms with E-state index in [1.54, 1.807) is 6.07 Å². The summed E-state index contributed by atoms with van der Waals surface area (Å²) in [7, 11) is 0. The van der Waals surface area contributed by atoms with Gasteiger partial charge in [0.1, 0.15) is 0 Å². The molecule has 3 aromatic rings. The number of aromatic nitrogens is 1. The molecule has 1 aromatic heterocycles. The molecule has 8 heteroatoms. The molecule has 2 aromatic carbocycles. The summed E-state index contributed by atoms with van der Waals surface area (Å²) in [6.45, 7) is 1.06. The number of aromatic amines is 1. The van der Waals surface area contributed by atoms with E-state index in [0.717, 1.165) is 11.1 Å². The van der Waals surface area contributed by atoms with Crippen LogP contribution < -0.4 is 20.3 Å². The highest BCUT2D eigenvalue weighted by atomic mass is 32.1. The highest BCUT2D eigenvalue weighted by Crippen LogP contribution is 2.35. The largest absolute Gasteiger partial charge is 0.454 e. The molecule has 7 nitrogen and oxygen atoms in total. The number of nitrogens with one attached hydrogen (secondary N) is 2. The molecule has 0 aliphatic carbocycles. The summed E-state index contributed by atoms with van der Waals surface area (Å²) >= 11 is 5.56. The summed E-state index contributed by atoms with van der Waals surface area (Å²) in [5, 5.41) is 13.8. The molecule has 0 amide bonds. The topological polar surface area (TPSA) is 86.8 Å². The minimum atomic E-state index is -0.187. The molecule has 2 heterocycles. The Labute approximate surface area is 172 Å². The number of rotatable bonds is 6. The van der Waals surface area contributed by atoms with Crippen molar-refractivity contribution in [3.05, 3.63) is 64.4 Å². The van der Waals surface area contributed by atoms with Crippen LogP contribution in [0.15, 0.2) is 53.3 Å². The third-order valence-corrected chi connectivity index (χ3v) is 5.03. The number of anilines is 1. The standard InChI is InChI=1S/C21H21N3O4S/c25-8-4-7-24(21(29)22-16-5-2-1-3-6-16)12-15-9-14-10-18-19(28-13-27-18)11-17(14)23-20(15)26/h1-3,5-6,9-11,25H,4,7-8,12-13H2,(H,22,29)(H,23,26). The maximum atomic E-state index is 12.7. The highest BCUT2D eigenvalue weighted by molar-refractivity contribution is 7.80. The van der Waals surface area contributed by atoms with E-state index in [-0.39, 0.29) is 19.0 Å². The zero-order valence-electron chi connectivity index (χ0n) is 15.7. The Hall–Kier alpha value is -3.10. The van der Waals surface area contributed by atoms with Gasteiger partial charge in [-0.1, -0.05) is 18.2 Å². The number of hydrogen-bond acceptors (Lipinski definition) is 5. The predicted octanol–water partition coefficient (Wildman–Crippen LogP) is 2.84. The Kier molecular flexibility index (Phi) is 5.64. The van der Waals surface area contributed by atoms with E-state index in [9.17, 15) is 9.90 Å². The molecular formula is C21H21N3O4S. The van der Waals surface area contributed by atoms with Gasteiger partial charge in [0.2, 0.25) is 6.79 Å². The Bertz CT molecular complexity index is 1080. The zero-order valence-corrected chi connectivity index (χ0v) is 16.5. The number of aliphatic hydroxyl groups is 1. The van der Waals surface area contributed by atoms with Crippen molar-refractivity contribution < 1.29 is 14.6 Å². The van der Waals surface area contributed by atoms with Gasteiger partial charge in [-0.2, -0.15) is 0 Å². The fraction of sp³-hybridized carbons (Fsp3) is 0.238. The fourth-order valence-electron chi connectivity index (χ4n) is 3.20. The van der Waals surface area contributed by atoms with E-state index in [1.807, 2.05) is 47.4 Å². The van der Waals surface area contributed by atoms with Gasteiger partial charge in [0.05, 0.1) is 12.1 Å². The van der Waals surface area contributed by atoms with Gasteiger partial charge in [-0.3, -0.25) is 4.79 Å². The number of thiocarbonyl (C=S) groups is 1. The minimum Gasteiger partial charge on any atom is -0.454 e. The molecule has 150 valence electrons. The first-order valence-corrected chi connectivity index (χ1v) is 9.72. The highest BCUT2D eigenvalue weighted by Gasteiger charge is 2.17. The fourth-order valence-corrected chi connectivity index (χ4v) is 3.48. The van der Waals surface area contributed by atoms with Gasteiger partial charge < -0.3 is 29.8 Å². The van der Waals surface area contributed by atoms with Crippen LogP contribution in [0.4, 0.5) is 5.69 Å². The monoisotopic (exact) mass is 411 g/mol. The summed E-state index contributed by atoms with van der Waals surface area (Å²) in [6.07, 6.45) is 0.542. The first-order chi connectivity index (χ1) is 14.1. The number of ether oxygens (including phenoxy) is 2. The Balaban J connectivity index is 1.60. The van der Waals surface area contributed by atoms with Crippen LogP contribution in [0.25, 0.3) is 10.9 Å². The number of benzene rings is 2. The average Bonchev–Trinajstić information content (AvgIpc) is 3.17. The first kappa shape index (κ1) is 19.2. The summed E-state index contributed by atoms with van der Waals surface area (Å²) in [5.41, 5.74) is 1.95. The smallest absolute Gasteiger partial charge is 0.253 e. The van der Waals surface area contributed by atoms with Gasteiger partial charge in [0.25, 0.3) is 5.56 Å². The number of para-hydroxylation sites is 1. The molecule has 0 saturated heterocycles. The minimum absolute atomic E-state index is 0.0437. The van der Waals surface area contributed by atoms with Crippen molar-refractivity contribution in [1.29, 1.82) is 0 Å². The van der Waals surface area contributed by atoms with Crippen LogP contribution in [-0.4, -0.2) is 40.0 Å². The van der Waals surface area contributed by atoms with Crippen LogP contribution in [0.3, 0.4) is 0 Å². The van der Waals surface area contributed by atoms with Gasteiger partial charge >= 0.3 is 0 Å². The SMILES string of the molecule is O=c1[nH]c2cc3c(cc2cc1CN(CCCO)C(=S)Nc1ccccc1)OCO3. The average molecular weight is 411 g/mol. The van der Waals surface area contributed by atoms with Crippen molar-refractivity contribution in [2.45, 2.75) is 13.0 Å². The number of nitrogens with zero attached hydrogens (tertiary/aromatic N) is 1. The molecule has 1 aliphatic heterocycles. The lowest BCUT2D eigenvalue weighted by molar-refractivity contribution is 0.174. The van der Waals surface area contributed by atoms with Gasteiger partial charge in [0.15, 0.2) is 16.6 Å². The van der Waals surface area contributed by atoms with Crippen LogP contribution in [0.2, 0.25) is 0 Å². The van der Waals surface area contributed by atoms with E-state index >= 15 is 0 Å². The number of aliphatic hydroxyl groups excluding tert-OH is 1. The molecule has 4 rings (SSSR count). The molecule has 0 fully saturated rings. The second kappa shape index (κ2) is 8.50. The van der Waals surface area contributed by atoms with E-state index < -0.39 is 0 Å². The van der Waals surface area contributed by atoms with Crippen LogP contribution in [0, 0.1) is 0 Å². The Morgan fingerprint density at radius 1 is 1.17 bits per heavy atom. The molecule has 3 N–H and O–H groups in total. The molecule has 1 aliphatic rings. The number of pyridine rings is 1. The molecular weight excluding hydrogens is 390 g/mol. The summed E-state index contributed by atoms with van der Waals surface area (Å²) in [6, 6.07) is 15.1. The van der Waals surface area contributed by atoms with Gasteiger partial charge in [-0.05, 0) is 42.9 Å². The summed E-state index contributed by atoms with van der Waals surface area (Å²) < 4.78 is 10.8.